The highest BCUT2D eigenvalue weighted by Crippen LogP contribution is 2.27. The molecule has 4 nitrogen and oxygen atoms in total. The van der Waals surface area contributed by atoms with Crippen LogP contribution in [0, 0.1) is 0 Å². The van der Waals surface area contributed by atoms with Gasteiger partial charge in [-0.15, -0.1) is 0 Å². The van der Waals surface area contributed by atoms with Crippen molar-refractivity contribution in [3.8, 4) is 0 Å². The van der Waals surface area contributed by atoms with Crippen LogP contribution in [0.1, 0.15) is 24.9 Å². The fraction of sp³-hybridized carbons (Fsp3) is 0.647. The van der Waals surface area contributed by atoms with Gasteiger partial charge in [-0.1, -0.05) is 30.3 Å². The van der Waals surface area contributed by atoms with Gasteiger partial charge in [0.25, 0.3) is 0 Å². The van der Waals surface area contributed by atoms with Gasteiger partial charge < -0.3 is 19.7 Å². The second-order valence-electron chi connectivity index (χ2n) is 5.83. The number of rotatable bonds is 8. The van der Waals surface area contributed by atoms with E-state index in [1.807, 2.05) is 6.92 Å². The maximum Gasteiger partial charge on any atom is 0.0986 e. The van der Waals surface area contributed by atoms with Crippen LogP contribution in [0.4, 0.5) is 0 Å². The van der Waals surface area contributed by atoms with Crippen LogP contribution in [-0.2, 0) is 9.47 Å². The molecule has 2 rings (SSSR count). The van der Waals surface area contributed by atoms with Gasteiger partial charge in [0.1, 0.15) is 0 Å². The minimum atomic E-state index is 0.170. The Morgan fingerprint density at radius 1 is 1.29 bits per heavy atom. The lowest BCUT2D eigenvalue weighted by Gasteiger charge is -2.44. The van der Waals surface area contributed by atoms with Gasteiger partial charge in [-0.25, -0.2) is 0 Å². The fourth-order valence-electron chi connectivity index (χ4n) is 3.01. The highest BCUT2D eigenvalue weighted by atomic mass is 16.5. The Kier molecular flexibility index (Phi) is 6.18. The second kappa shape index (κ2) is 7.90. The molecule has 1 aromatic rings. The van der Waals surface area contributed by atoms with Gasteiger partial charge >= 0.3 is 0 Å². The third-order valence-corrected chi connectivity index (χ3v) is 4.28. The number of nitrogens with zero attached hydrogens (tertiary/aromatic N) is 1. The third kappa shape index (κ3) is 4.04. The topological polar surface area (TPSA) is 33.7 Å². The molecule has 0 saturated heterocycles. The van der Waals surface area contributed by atoms with E-state index < -0.39 is 0 Å². The molecule has 4 unspecified atom stereocenters. The first-order valence-corrected chi connectivity index (χ1v) is 7.76. The summed E-state index contributed by atoms with van der Waals surface area (Å²) in [6.45, 7) is 3.70. The van der Waals surface area contributed by atoms with E-state index in [9.17, 15) is 0 Å². The molecule has 0 aromatic heterocycles. The summed E-state index contributed by atoms with van der Waals surface area (Å²) in [6.07, 6.45) is 1.44. The molecule has 1 aromatic carbocycles. The Balaban J connectivity index is 1.89. The Morgan fingerprint density at radius 3 is 2.57 bits per heavy atom. The second-order valence-corrected chi connectivity index (χ2v) is 5.83. The van der Waals surface area contributed by atoms with E-state index in [0.717, 1.165) is 19.6 Å². The first-order valence-electron chi connectivity index (χ1n) is 7.76. The van der Waals surface area contributed by atoms with E-state index in [1.165, 1.54) is 5.56 Å². The molecule has 21 heavy (non-hydrogen) atoms. The fourth-order valence-corrected chi connectivity index (χ4v) is 3.01. The lowest BCUT2D eigenvalue weighted by molar-refractivity contribution is -0.131. The quantitative estimate of drug-likeness (QED) is 0.795. The predicted molar refractivity (Wildman–Crippen MR) is 85.5 cm³/mol. The van der Waals surface area contributed by atoms with Crippen LogP contribution in [0.25, 0.3) is 0 Å². The van der Waals surface area contributed by atoms with E-state index in [0.29, 0.717) is 12.1 Å². The molecule has 1 aliphatic carbocycles. The number of methoxy groups -OCH3 is 1. The van der Waals surface area contributed by atoms with Gasteiger partial charge in [-0.3, -0.25) is 0 Å². The van der Waals surface area contributed by atoms with Crippen molar-refractivity contribution in [2.24, 2.45) is 0 Å². The van der Waals surface area contributed by atoms with Gasteiger partial charge in [0, 0.05) is 32.3 Å². The molecular formula is C17H28N2O2. The van der Waals surface area contributed by atoms with Gasteiger partial charge in [0.15, 0.2) is 0 Å². The molecule has 0 amide bonds. The highest BCUT2D eigenvalue weighted by Gasteiger charge is 2.42. The third-order valence-electron chi connectivity index (χ3n) is 4.28. The first kappa shape index (κ1) is 16.4. The summed E-state index contributed by atoms with van der Waals surface area (Å²) in [4.78, 5) is 2.25. The van der Waals surface area contributed by atoms with Crippen molar-refractivity contribution in [2.75, 3.05) is 34.4 Å². The van der Waals surface area contributed by atoms with Crippen molar-refractivity contribution in [3.05, 3.63) is 35.9 Å². The molecule has 0 spiro atoms. The number of nitrogens with one attached hydrogen (secondary N) is 1. The van der Waals surface area contributed by atoms with E-state index in [2.05, 4.69) is 54.6 Å². The zero-order valence-corrected chi connectivity index (χ0v) is 13.6. The van der Waals surface area contributed by atoms with Gasteiger partial charge in [-0.2, -0.15) is 0 Å². The number of hydrogen-bond acceptors (Lipinski definition) is 4. The van der Waals surface area contributed by atoms with Crippen LogP contribution in [-0.4, -0.2) is 57.5 Å². The monoisotopic (exact) mass is 292 g/mol. The molecule has 1 N–H and O–H groups in total. The number of ether oxygens (including phenoxy) is 2. The smallest absolute Gasteiger partial charge is 0.0986 e. The maximum atomic E-state index is 5.68. The van der Waals surface area contributed by atoms with Crippen LogP contribution in [0.15, 0.2) is 30.3 Å². The summed E-state index contributed by atoms with van der Waals surface area (Å²) in [5.41, 5.74) is 1.34. The molecule has 4 heteroatoms. The van der Waals surface area contributed by atoms with Crippen LogP contribution in [0.3, 0.4) is 0 Å². The summed E-state index contributed by atoms with van der Waals surface area (Å²) in [7, 11) is 6.01. The van der Waals surface area contributed by atoms with E-state index in [4.69, 9.17) is 9.47 Å². The molecule has 1 fully saturated rings. The molecule has 0 radical (unpaired) electrons. The molecule has 0 heterocycles. The van der Waals surface area contributed by atoms with Crippen LogP contribution >= 0.6 is 0 Å². The summed E-state index contributed by atoms with van der Waals surface area (Å²) in [6, 6.07) is 11.4. The molecule has 118 valence electrons. The highest BCUT2D eigenvalue weighted by molar-refractivity contribution is 5.19. The molecule has 0 aliphatic heterocycles. The molecule has 0 bridgehead atoms. The van der Waals surface area contributed by atoms with Crippen LogP contribution in [0.2, 0.25) is 0 Å². The van der Waals surface area contributed by atoms with Crippen molar-refractivity contribution in [2.45, 2.75) is 37.6 Å². The zero-order valence-electron chi connectivity index (χ0n) is 13.6. The first-order chi connectivity index (χ1) is 10.2. The largest absolute Gasteiger partial charge is 0.377 e. The van der Waals surface area contributed by atoms with Crippen molar-refractivity contribution in [3.63, 3.8) is 0 Å². The molecular weight excluding hydrogens is 264 g/mol. The number of hydrogen-bond donors (Lipinski definition) is 1. The summed E-state index contributed by atoms with van der Waals surface area (Å²) in [5, 5.41) is 3.64. The Labute approximate surface area is 128 Å². The van der Waals surface area contributed by atoms with Crippen molar-refractivity contribution in [1.82, 2.24) is 10.2 Å². The van der Waals surface area contributed by atoms with E-state index in [1.54, 1.807) is 7.11 Å². The van der Waals surface area contributed by atoms with Gasteiger partial charge in [-0.05, 0) is 33.0 Å². The van der Waals surface area contributed by atoms with Crippen molar-refractivity contribution >= 4 is 0 Å². The van der Waals surface area contributed by atoms with E-state index in [-0.39, 0.29) is 12.2 Å². The minimum Gasteiger partial charge on any atom is -0.377 e. The Bertz CT molecular complexity index is 411. The lowest BCUT2D eigenvalue weighted by atomic mass is 9.85. The summed E-state index contributed by atoms with van der Waals surface area (Å²) < 4.78 is 11.2. The predicted octanol–water partition coefficient (Wildman–Crippen LogP) is 2.07. The van der Waals surface area contributed by atoms with Crippen molar-refractivity contribution < 1.29 is 9.47 Å². The average Bonchev–Trinajstić information content (AvgIpc) is 2.46. The van der Waals surface area contributed by atoms with Gasteiger partial charge in [0.05, 0.1) is 12.2 Å². The minimum absolute atomic E-state index is 0.170. The Hall–Kier alpha value is -0.940. The van der Waals surface area contributed by atoms with E-state index >= 15 is 0 Å². The maximum absolute atomic E-state index is 5.68. The van der Waals surface area contributed by atoms with Gasteiger partial charge in [0.2, 0.25) is 0 Å². The standard InChI is InChI=1S/C17H28N2O2/c1-5-21-16-11-14(17(16)20-4)18-12-15(19(2)3)13-9-7-6-8-10-13/h6-10,14-18H,5,11-12H2,1-4H3. The van der Waals surface area contributed by atoms with Crippen LogP contribution in [0.5, 0.6) is 0 Å². The number of benzene rings is 1. The molecule has 1 saturated carbocycles. The van der Waals surface area contributed by atoms with Crippen molar-refractivity contribution in [1.29, 1.82) is 0 Å². The molecule has 4 atom stereocenters. The molecule has 1 aliphatic rings. The van der Waals surface area contributed by atoms with Crippen LogP contribution < -0.4 is 5.32 Å². The lowest BCUT2D eigenvalue weighted by Crippen LogP contribution is -2.60. The zero-order chi connectivity index (χ0) is 15.2. The number of likely N-dealkylation sites (N-methyl/N-ethyl adjacent to an activating group) is 1. The Morgan fingerprint density at radius 2 is 2.00 bits per heavy atom. The summed E-state index contributed by atoms with van der Waals surface area (Å²) in [5.74, 6) is 0. The normalized spacial score (nSPS) is 26.6. The summed E-state index contributed by atoms with van der Waals surface area (Å²) >= 11 is 0. The average molecular weight is 292 g/mol. The SMILES string of the molecule is CCOC1CC(NCC(c2ccccc2)N(C)C)C1OC.